The van der Waals surface area contributed by atoms with Crippen LogP contribution in [0.25, 0.3) is 10.2 Å². The summed E-state index contributed by atoms with van der Waals surface area (Å²) in [5.74, 6) is 0. The van der Waals surface area contributed by atoms with E-state index in [0.717, 1.165) is 25.3 Å². The Balaban J connectivity index is 1.84. The van der Waals surface area contributed by atoms with Gasteiger partial charge in [0.2, 0.25) is 0 Å². The van der Waals surface area contributed by atoms with Gasteiger partial charge in [-0.2, -0.15) is 0 Å². The minimum atomic E-state index is -0.596. The molecule has 0 bridgehead atoms. The summed E-state index contributed by atoms with van der Waals surface area (Å²) in [7, 11) is 0. The number of thiazole rings is 1. The van der Waals surface area contributed by atoms with Gasteiger partial charge in [0.05, 0.1) is 26.4 Å². The lowest BCUT2D eigenvalue weighted by atomic mass is 10.1. The number of para-hydroxylation sites is 1. The minimum absolute atomic E-state index is 0.497. The van der Waals surface area contributed by atoms with Crippen LogP contribution < -0.4 is 0 Å². The van der Waals surface area contributed by atoms with Crippen molar-refractivity contribution in [2.75, 3.05) is 0 Å². The molecule has 3 aromatic rings. The zero-order chi connectivity index (χ0) is 14.1. The highest BCUT2D eigenvalue weighted by Gasteiger charge is 2.13. The van der Waals surface area contributed by atoms with E-state index in [1.165, 1.54) is 0 Å². The zero-order valence-electron chi connectivity index (χ0n) is 10.4. The number of hydrogen-bond donors (Lipinski definition) is 1. The number of aromatic nitrogens is 1. The van der Waals surface area contributed by atoms with Crippen LogP contribution in [0.15, 0.2) is 46.9 Å². The highest BCUT2D eigenvalue weighted by molar-refractivity contribution is 9.10. The van der Waals surface area contributed by atoms with Gasteiger partial charge < -0.3 is 5.11 Å². The van der Waals surface area contributed by atoms with Crippen molar-refractivity contribution in [1.29, 1.82) is 0 Å². The molecular weight excluding hydrogens is 358 g/mol. The molecule has 1 atom stereocenters. The summed E-state index contributed by atoms with van der Waals surface area (Å²) in [6, 6.07) is 13.5. The SMILES string of the molecule is OC(Cc1nc2ccccc2s1)c1ccc(Br)c(Cl)c1. The molecule has 20 heavy (non-hydrogen) atoms. The number of nitrogens with zero attached hydrogens (tertiary/aromatic N) is 1. The highest BCUT2D eigenvalue weighted by Crippen LogP contribution is 2.29. The molecule has 0 aliphatic rings. The van der Waals surface area contributed by atoms with Crippen LogP contribution in [0, 0.1) is 0 Å². The molecule has 1 aromatic heterocycles. The van der Waals surface area contributed by atoms with E-state index in [1.54, 1.807) is 17.4 Å². The Morgan fingerprint density at radius 3 is 2.80 bits per heavy atom. The average Bonchev–Trinajstić information content (AvgIpc) is 2.83. The third-order valence-corrected chi connectivity index (χ3v) is 5.33. The monoisotopic (exact) mass is 367 g/mol. The lowest BCUT2D eigenvalue weighted by Crippen LogP contribution is -2.01. The molecule has 1 heterocycles. The second-order valence-corrected chi connectivity index (χ2v) is 6.85. The van der Waals surface area contributed by atoms with Gasteiger partial charge >= 0.3 is 0 Å². The first kappa shape index (κ1) is 14.0. The highest BCUT2D eigenvalue weighted by atomic mass is 79.9. The molecule has 5 heteroatoms. The Bertz CT molecular complexity index is 725. The Morgan fingerprint density at radius 1 is 1.25 bits per heavy atom. The van der Waals surface area contributed by atoms with Crippen molar-refractivity contribution in [3.8, 4) is 0 Å². The molecule has 2 nitrogen and oxygen atoms in total. The first-order valence-electron chi connectivity index (χ1n) is 6.11. The summed E-state index contributed by atoms with van der Waals surface area (Å²) in [6.45, 7) is 0. The predicted molar refractivity (Wildman–Crippen MR) is 87.4 cm³/mol. The van der Waals surface area contributed by atoms with Crippen molar-refractivity contribution in [1.82, 2.24) is 4.98 Å². The number of aliphatic hydroxyl groups excluding tert-OH is 1. The summed E-state index contributed by atoms with van der Waals surface area (Å²) in [4.78, 5) is 4.53. The number of halogens is 2. The van der Waals surface area contributed by atoms with Crippen LogP contribution in [0.2, 0.25) is 5.02 Å². The normalized spacial score (nSPS) is 12.8. The molecule has 0 amide bonds. The summed E-state index contributed by atoms with van der Waals surface area (Å²) in [6.07, 6.45) is -0.0988. The van der Waals surface area contributed by atoms with Crippen molar-refractivity contribution in [2.45, 2.75) is 12.5 Å². The largest absolute Gasteiger partial charge is 0.388 e. The fourth-order valence-electron chi connectivity index (χ4n) is 2.01. The lowest BCUT2D eigenvalue weighted by molar-refractivity contribution is 0.178. The van der Waals surface area contributed by atoms with Crippen molar-refractivity contribution < 1.29 is 5.11 Å². The Labute approximate surface area is 134 Å². The van der Waals surface area contributed by atoms with Crippen LogP contribution in [0.5, 0.6) is 0 Å². The van der Waals surface area contributed by atoms with Crippen LogP contribution in [0.3, 0.4) is 0 Å². The van der Waals surface area contributed by atoms with E-state index in [1.807, 2.05) is 36.4 Å². The van der Waals surface area contributed by atoms with Gasteiger partial charge in [0.25, 0.3) is 0 Å². The number of rotatable bonds is 3. The van der Waals surface area contributed by atoms with E-state index < -0.39 is 6.10 Å². The third-order valence-electron chi connectivity index (χ3n) is 3.03. The van der Waals surface area contributed by atoms with Gasteiger partial charge in [0.1, 0.15) is 0 Å². The van der Waals surface area contributed by atoms with Gasteiger partial charge in [-0.15, -0.1) is 11.3 Å². The summed E-state index contributed by atoms with van der Waals surface area (Å²) in [5, 5.41) is 11.8. The summed E-state index contributed by atoms with van der Waals surface area (Å²) in [5.41, 5.74) is 1.78. The van der Waals surface area contributed by atoms with E-state index in [2.05, 4.69) is 20.9 Å². The molecule has 1 N–H and O–H groups in total. The minimum Gasteiger partial charge on any atom is -0.388 e. The second-order valence-electron chi connectivity index (χ2n) is 4.47. The van der Waals surface area contributed by atoms with Crippen LogP contribution in [-0.2, 0) is 6.42 Å². The van der Waals surface area contributed by atoms with Gasteiger partial charge in [0, 0.05) is 10.9 Å². The molecule has 0 aliphatic heterocycles. The smallest absolute Gasteiger partial charge is 0.0967 e. The predicted octanol–water partition coefficient (Wildman–Crippen LogP) is 4.99. The number of hydrogen-bond acceptors (Lipinski definition) is 3. The maximum absolute atomic E-state index is 10.3. The molecule has 0 saturated heterocycles. The van der Waals surface area contributed by atoms with E-state index in [4.69, 9.17) is 11.6 Å². The molecular formula is C15H11BrClNOS. The molecule has 0 spiro atoms. The Hall–Kier alpha value is -0.940. The zero-order valence-corrected chi connectivity index (χ0v) is 13.5. The molecule has 0 fully saturated rings. The van der Waals surface area contributed by atoms with Crippen LogP contribution in [0.4, 0.5) is 0 Å². The standard InChI is InChI=1S/C15H11BrClNOS/c16-10-6-5-9(7-11(10)17)13(19)8-15-18-12-3-1-2-4-14(12)20-15/h1-7,13,19H,8H2. The molecule has 3 rings (SSSR count). The quantitative estimate of drug-likeness (QED) is 0.706. The molecule has 0 radical (unpaired) electrons. The van der Waals surface area contributed by atoms with E-state index in [9.17, 15) is 5.11 Å². The first-order valence-corrected chi connectivity index (χ1v) is 8.09. The number of aliphatic hydroxyl groups is 1. The third kappa shape index (κ3) is 2.88. The fraction of sp³-hybridized carbons (Fsp3) is 0.133. The van der Waals surface area contributed by atoms with Crippen molar-refractivity contribution in [3.63, 3.8) is 0 Å². The molecule has 0 aliphatic carbocycles. The molecule has 102 valence electrons. The average molecular weight is 369 g/mol. The van der Waals surface area contributed by atoms with E-state index >= 15 is 0 Å². The van der Waals surface area contributed by atoms with Crippen molar-refractivity contribution in [3.05, 3.63) is 62.5 Å². The van der Waals surface area contributed by atoms with Gasteiger partial charge in [-0.25, -0.2) is 4.98 Å². The molecule has 2 aromatic carbocycles. The maximum Gasteiger partial charge on any atom is 0.0967 e. The van der Waals surface area contributed by atoms with Gasteiger partial charge in [-0.3, -0.25) is 0 Å². The summed E-state index contributed by atoms with van der Waals surface area (Å²) >= 11 is 11.0. The van der Waals surface area contributed by atoms with Crippen molar-refractivity contribution in [2.24, 2.45) is 0 Å². The van der Waals surface area contributed by atoms with Gasteiger partial charge in [-0.05, 0) is 45.8 Å². The van der Waals surface area contributed by atoms with Crippen LogP contribution >= 0.6 is 38.9 Å². The molecule has 0 saturated carbocycles. The number of benzene rings is 2. The van der Waals surface area contributed by atoms with Gasteiger partial charge in [-0.1, -0.05) is 29.8 Å². The van der Waals surface area contributed by atoms with Crippen LogP contribution in [0.1, 0.15) is 16.7 Å². The molecule has 1 unspecified atom stereocenters. The van der Waals surface area contributed by atoms with E-state index in [-0.39, 0.29) is 0 Å². The lowest BCUT2D eigenvalue weighted by Gasteiger charge is -2.10. The number of fused-ring (bicyclic) bond motifs is 1. The maximum atomic E-state index is 10.3. The second kappa shape index (κ2) is 5.82. The Kier molecular flexibility index (Phi) is 4.08. The topological polar surface area (TPSA) is 33.1 Å². The Morgan fingerprint density at radius 2 is 2.05 bits per heavy atom. The van der Waals surface area contributed by atoms with Crippen LogP contribution in [-0.4, -0.2) is 10.1 Å². The van der Waals surface area contributed by atoms with E-state index in [0.29, 0.717) is 11.4 Å². The van der Waals surface area contributed by atoms with Gasteiger partial charge in [0.15, 0.2) is 0 Å². The summed E-state index contributed by atoms with van der Waals surface area (Å²) < 4.78 is 1.97. The van der Waals surface area contributed by atoms with Crippen molar-refractivity contribution >= 4 is 49.1 Å². The first-order chi connectivity index (χ1) is 9.63. The fourth-order valence-corrected chi connectivity index (χ4v) is 3.45.